The van der Waals surface area contributed by atoms with Gasteiger partial charge in [-0.1, -0.05) is 40.7 Å². The topological polar surface area (TPSA) is 69.6 Å². The highest BCUT2D eigenvalue weighted by Gasteiger charge is 2.10. The van der Waals surface area contributed by atoms with E-state index < -0.39 is 0 Å². The van der Waals surface area contributed by atoms with E-state index in [1.54, 1.807) is 6.33 Å². The lowest BCUT2D eigenvalue weighted by Crippen LogP contribution is -1.90. The van der Waals surface area contributed by atoms with Gasteiger partial charge in [-0.3, -0.25) is 0 Å². The van der Waals surface area contributed by atoms with Gasteiger partial charge in [0, 0.05) is 12.6 Å². The Morgan fingerprint density at radius 2 is 2.25 bits per heavy atom. The molecule has 2 heterocycles. The Morgan fingerprint density at radius 1 is 1.35 bits per heavy atom. The molecule has 0 bridgehead atoms. The molecular formula is C13H13N5OS. The first-order chi connectivity index (χ1) is 9.72. The van der Waals surface area contributed by atoms with Crippen LogP contribution in [0.1, 0.15) is 11.5 Å². The van der Waals surface area contributed by atoms with Crippen LogP contribution in [-0.2, 0) is 12.8 Å². The monoisotopic (exact) mass is 287 g/mol. The smallest absolute Gasteiger partial charge is 0.237 e. The van der Waals surface area contributed by atoms with E-state index in [0.717, 1.165) is 10.7 Å². The molecule has 0 amide bonds. The molecule has 7 heteroatoms. The van der Waals surface area contributed by atoms with Crippen molar-refractivity contribution in [3.8, 4) is 11.4 Å². The molecule has 3 rings (SSSR count). The summed E-state index contributed by atoms with van der Waals surface area (Å²) in [6.07, 6.45) is 1.66. The van der Waals surface area contributed by atoms with Crippen LogP contribution in [0.5, 0.6) is 0 Å². The van der Waals surface area contributed by atoms with Crippen LogP contribution < -0.4 is 0 Å². The Labute approximate surface area is 120 Å². The molecule has 0 saturated carbocycles. The number of aromatic nitrogens is 5. The van der Waals surface area contributed by atoms with Gasteiger partial charge in [-0.05, 0) is 13.0 Å². The van der Waals surface area contributed by atoms with Gasteiger partial charge in [0.1, 0.15) is 6.33 Å². The number of thioether (sulfide) groups is 1. The third-order valence-corrected chi connectivity index (χ3v) is 3.76. The van der Waals surface area contributed by atoms with Crippen molar-refractivity contribution in [2.75, 3.05) is 0 Å². The zero-order chi connectivity index (χ0) is 13.9. The zero-order valence-electron chi connectivity index (χ0n) is 11.1. The number of hydrogen-bond donors (Lipinski definition) is 0. The molecule has 0 aliphatic carbocycles. The summed E-state index contributed by atoms with van der Waals surface area (Å²) in [6, 6.07) is 8.02. The summed E-state index contributed by atoms with van der Waals surface area (Å²) in [5.41, 5.74) is 2.13. The van der Waals surface area contributed by atoms with E-state index in [9.17, 15) is 0 Å². The molecule has 102 valence electrons. The fraction of sp³-hybridized carbons (Fsp3) is 0.231. The van der Waals surface area contributed by atoms with Crippen LogP contribution in [0.2, 0.25) is 0 Å². The molecule has 0 fully saturated rings. The van der Waals surface area contributed by atoms with Crippen LogP contribution in [-0.4, -0.2) is 24.9 Å². The lowest BCUT2D eigenvalue weighted by molar-refractivity contribution is 0.391. The van der Waals surface area contributed by atoms with Crippen LogP contribution in [0.15, 0.2) is 40.3 Å². The number of rotatable bonds is 4. The van der Waals surface area contributed by atoms with Crippen LogP contribution in [0.3, 0.4) is 0 Å². The van der Waals surface area contributed by atoms with Gasteiger partial charge in [-0.15, -0.1) is 10.2 Å². The van der Waals surface area contributed by atoms with E-state index in [1.807, 2.05) is 42.8 Å². The quantitative estimate of drug-likeness (QED) is 0.687. The van der Waals surface area contributed by atoms with Gasteiger partial charge in [-0.2, -0.15) is 4.98 Å². The largest absolute Gasteiger partial charge is 0.338 e. The standard InChI is InChI=1S/C13H13N5OS/c1-9-4-3-5-10(6-9)12-15-11(19-17-12)7-20-13-16-14-8-18(13)2/h3-6,8H,7H2,1-2H3. The summed E-state index contributed by atoms with van der Waals surface area (Å²) in [7, 11) is 1.90. The Morgan fingerprint density at radius 3 is 3.00 bits per heavy atom. The molecule has 6 nitrogen and oxygen atoms in total. The first-order valence-corrected chi connectivity index (χ1v) is 7.07. The Bertz CT molecular complexity index is 721. The van der Waals surface area contributed by atoms with Crippen molar-refractivity contribution in [2.24, 2.45) is 7.05 Å². The molecule has 0 aliphatic heterocycles. The summed E-state index contributed by atoms with van der Waals surface area (Å²) in [5, 5.41) is 12.6. The molecule has 0 atom stereocenters. The average molecular weight is 287 g/mol. The maximum Gasteiger partial charge on any atom is 0.237 e. The highest BCUT2D eigenvalue weighted by Crippen LogP contribution is 2.21. The maximum atomic E-state index is 5.26. The number of benzene rings is 1. The maximum absolute atomic E-state index is 5.26. The van der Waals surface area contributed by atoms with E-state index >= 15 is 0 Å². The fourth-order valence-electron chi connectivity index (χ4n) is 1.74. The number of hydrogen-bond acceptors (Lipinski definition) is 6. The molecule has 20 heavy (non-hydrogen) atoms. The minimum absolute atomic E-state index is 0.575. The van der Waals surface area contributed by atoms with Gasteiger partial charge in [0.15, 0.2) is 5.16 Å². The molecule has 0 N–H and O–H groups in total. The van der Waals surface area contributed by atoms with Crippen molar-refractivity contribution in [1.82, 2.24) is 24.9 Å². The van der Waals surface area contributed by atoms with Crippen molar-refractivity contribution in [3.05, 3.63) is 42.0 Å². The normalized spacial score (nSPS) is 10.9. The van der Waals surface area contributed by atoms with E-state index in [4.69, 9.17) is 4.52 Å². The van der Waals surface area contributed by atoms with E-state index in [0.29, 0.717) is 17.5 Å². The van der Waals surface area contributed by atoms with Crippen molar-refractivity contribution < 1.29 is 4.52 Å². The summed E-state index contributed by atoms with van der Waals surface area (Å²) < 4.78 is 7.11. The number of aryl methyl sites for hydroxylation is 2. The highest BCUT2D eigenvalue weighted by atomic mass is 32.2. The summed E-state index contributed by atoms with van der Waals surface area (Å²) in [6.45, 7) is 2.04. The van der Waals surface area contributed by atoms with Crippen molar-refractivity contribution in [3.63, 3.8) is 0 Å². The predicted molar refractivity (Wildman–Crippen MR) is 75.0 cm³/mol. The molecule has 0 radical (unpaired) electrons. The molecule has 1 aromatic carbocycles. The second kappa shape index (κ2) is 5.46. The summed E-state index contributed by atoms with van der Waals surface area (Å²) >= 11 is 1.51. The minimum atomic E-state index is 0.575. The van der Waals surface area contributed by atoms with Gasteiger partial charge in [0.25, 0.3) is 0 Å². The third kappa shape index (κ3) is 2.72. The Kier molecular flexibility index (Phi) is 3.51. The zero-order valence-corrected chi connectivity index (χ0v) is 12.0. The lowest BCUT2D eigenvalue weighted by Gasteiger charge is -1.96. The summed E-state index contributed by atoms with van der Waals surface area (Å²) in [5.74, 6) is 1.77. The number of nitrogens with zero attached hydrogens (tertiary/aromatic N) is 5. The minimum Gasteiger partial charge on any atom is -0.338 e. The van der Waals surface area contributed by atoms with Crippen LogP contribution in [0.25, 0.3) is 11.4 Å². The van der Waals surface area contributed by atoms with E-state index in [-0.39, 0.29) is 0 Å². The van der Waals surface area contributed by atoms with Crippen molar-refractivity contribution in [1.29, 1.82) is 0 Å². The Balaban J connectivity index is 1.72. The van der Waals surface area contributed by atoms with E-state index in [1.165, 1.54) is 17.3 Å². The van der Waals surface area contributed by atoms with Crippen LogP contribution >= 0.6 is 11.8 Å². The van der Waals surface area contributed by atoms with Crippen molar-refractivity contribution >= 4 is 11.8 Å². The van der Waals surface area contributed by atoms with Gasteiger partial charge >= 0.3 is 0 Å². The Hall–Kier alpha value is -2.15. The third-order valence-electron chi connectivity index (χ3n) is 2.74. The van der Waals surface area contributed by atoms with Crippen molar-refractivity contribution in [2.45, 2.75) is 17.8 Å². The highest BCUT2D eigenvalue weighted by molar-refractivity contribution is 7.98. The summed E-state index contributed by atoms with van der Waals surface area (Å²) in [4.78, 5) is 4.39. The van der Waals surface area contributed by atoms with Crippen LogP contribution in [0, 0.1) is 6.92 Å². The first-order valence-electron chi connectivity index (χ1n) is 6.09. The second-order valence-electron chi connectivity index (χ2n) is 4.39. The second-order valence-corrected chi connectivity index (χ2v) is 5.34. The van der Waals surface area contributed by atoms with Gasteiger partial charge < -0.3 is 9.09 Å². The molecule has 3 aromatic rings. The molecular weight excluding hydrogens is 274 g/mol. The van der Waals surface area contributed by atoms with Gasteiger partial charge in [0.05, 0.1) is 5.75 Å². The van der Waals surface area contributed by atoms with Crippen LogP contribution in [0.4, 0.5) is 0 Å². The molecule has 0 spiro atoms. The molecule has 0 saturated heterocycles. The fourth-order valence-corrected chi connectivity index (χ4v) is 2.47. The SMILES string of the molecule is Cc1cccc(-c2noc(CSc3nncn3C)n2)c1. The van der Waals surface area contributed by atoms with E-state index in [2.05, 4.69) is 20.3 Å². The molecule has 2 aromatic heterocycles. The first kappa shape index (κ1) is 12.9. The molecule has 0 aliphatic rings. The molecule has 0 unspecified atom stereocenters. The van der Waals surface area contributed by atoms with Gasteiger partial charge in [-0.25, -0.2) is 0 Å². The average Bonchev–Trinajstić information content (AvgIpc) is 3.05. The predicted octanol–water partition coefficient (Wildman–Crippen LogP) is 2.47. The lowest BCUT2D eigenvalue weighted by atomic mass is 10.1. The van der Waals surface area contributed by atoms with Gasteiger partial charge in [0.2, 0.25) is 11.7 Å².